The summed E-state index contributed by atoms with van der Waals surface area (Å²) >= 11 is 0. The molecule has 0 radical (unpaired) electrons. The third kappa shape index (κ3) is 2.34. The highest BCUT2D eigenvalue weighted by Crippen LogP contribution is 2.34. The van der Waals surface area contributed by atoms with Crippen LogP contribution < -0.4 is 0 Å². The highest BCUT2D eigenvalue weighted by atomic mass is 16.5. The van der Waals surface area contributed by atoms with E-state index in [1.54, 1.807) is 0 Å². The number of methoxy groups -OCH3 is 2. The lowest BCUT2D eigenvalue weighted by atomic mass is 9.99. The van der Waals surface area contributed by atoms with Gasteiger partial charge in [0.05, 0.1) is 19.8 Å². The first kappa shape index (κ1) is 14.8. The Morgan fingerprint density at radius 1 is 1.04 bits per heavy atom. The molecule has 23 heavy (non-hydrogen) atoms. The van der Waals surface area contributed by atoms with E-state index < -0.39 is 11.9 Å². The number of esters is 2. The van der Waals surface area contributed by atoms with Crippen molar-refractivity contribution in [3.05, 3.63) is 47.7 Å². The lowest BCUT2D eigenvalue weighted by molar-refractivity contribution is 0.0594. The minimum absolute atomic E-state index is 0.0778. The Bertz CT molecular complexity index is 949. The number of aromatic hydroxyl groups is 1. The Morgan fingerprint density at radius 3 is 2.43 bits per heavy atom. The molecule has 6 nitrogen and oxygen atoms in total. The lowest BCUT2D eigenvalue weighted by Gasteiger charge is -2.11. The van der Waals surface area contributed by atoms with E-state index in [-0.39, 0.29) is 22.5 Å². The van der Waals surface area contributed by atoms with Gasteiger partial charge in [-0.1, -0.05) is 24.3 Å². The average Bonchev–Trinajstić information content (AvgIpc) is 2.59. The number of benzene rings is 2. The van der Waals surface area contributed by atoms with Crippen LogP contribution in [-0.4, -0.2) is 36.2 Å². The molecule has 1 heterocycles. The Kier molecular flexibility index (Phi) is 3.57. The van der Waals surface area contributed by atoms with Gasteiger partial charge >= 0.3 is 11.9 Å². The maximum atomic E-state index is 12.2. The maximum Gasteiger partial charge on any atom is 0.356 e. The summed E-state index contributed by atoms with van der Waals surface area (Å²) in [6.07, 6.45) is 0. The topological polar surface area (TPSA) is 85.7 Å². The van der Waals surface area contributed by atoms with Crippen LogP contribution in [-0.2, 0) is 9.47 Å². The van der Waals surface area contributed by atoms with Crippen molar-refractivity contribution in [2.24, 2.45) is 0 Å². The molecule has 0 aliphatic carbocycles. The van der Waals surface area contributed by atoms with Crippen LogP contribution in [0, 0.1) is 0 Å². The summed E-state index contributed by atoms with van der Waals surface area (Å²) in [7, 11) is 2.46. The van der Waals surface area contributed by atoms with Crippen molar-refractivity contribution in [3.63, 3.8) is 0 Å². The Labute approximate surface area is 131 Å². The first-order valence-corrected chi connectivity index (χ1v) is 6.79. The molecule has 0 saturated carbocycles. The highest BCUT2D eigenvalue weighted by molar-refractivity contribution is 6.18. The molecule has 1 aromatic heterocycles. The Hall–Kier alpha value is -3.15. The average molecular weight is 311 g/mol. The molecule has 116 valence electrons. The summed E-state index contributed by atoms with van der Waals surface area (Å²) < 4.78 is 9.45. The molecule has 0 aliphatic heterocycles. The standard InChI is InChI=1S/C17H13NO5/c1-22-16(20)11-8-12(17(21)23-2)18-15-13(19)7-9-5-3-4-6-10(9)14(11)15/h3-8,19H,1-2H3. The third-order valence-corrected chi connectivity index (χ3v) is 3.58. The zero-order valence-electron chi connectivity index (χ0n) is 12.5. The van der Waals surface area contributed by atoms with Gasteiger partial charge in [0.2, 0.25) is 0 Å². The van der Waals surface area contributed by atoms with Crippen LogP contribution in [0.5, 0.6) is 5.75 Å². The monoisotopic (exact) mass is 311 g/mol. The molecule has 0 aliphatic rings. The molecule has 6 heteroatoms. The zero-order chi connectivity index (χ0) is 16.6. The van der Waals surface area contributed by atoms with Gasteiger partial charge in [0.15, 0.2) is 0 Å². The van der Waals surface area contributed by atoms with Crippen LogP contribution in [0.1, 0.15) is 20.8 Å². The van der Waals surface area contributed by atoms with Crippen LogP contribution >= 0.6 is 0 Å². The third-order valence-electron chi connectivity index (χ3n) is 3.58. The van der Waals surface area contributed by atoms with Crippen molar-refractivity contribution in [1.82, 2.24) is 4.98 Å². The molecule has 2 aromatic carbocycles. The number of phenols is 1. The first-order valence-electron chi connectivity index (χ1n) is 6.79. The Morgan fingerprint density at radius 2 is 1.74 bits per heavy atom. The largest absolute Gasteiger partial charge is 0.506 e. The number of fused-ring (bicyclic) bond motifs is 3. The van der Waals surface area contributed by atoms with Crippen molar-refractivity contribution >= 4 is 33.6 Å². The molecule has 0 amide bonds. The van der Waals surface area contributed by atoms with Crippen LogP contribution in [0.25, 0.3) is 21.7 Å². The van der Waals surface area contributed by atoms with Crippen molar-refractivity contribution in [2.45, 2.75) is 0 Å². The molecular formula is C17H13NO5. The number of aromatic nitrogens is 1. The highest BCUT2D eigenvalue weighted by Gasteiger charge is 2.21. The minimum Gasteiger partial charge on any atom is -0.506 e. The van der Waals surface area contributed by atoms with Crippen molar-refractivity contribution in [3.8, 4) is 5.75 Å². The number of rotatable bonds is 2. The van der Waals surface area contributed by atoms with Gasteiger partial charge in [-0.25, -0.2) is 14.6 Å². The summed E-state index contributed by atoms with van der Waals surface area (Å²) in [6.45, 7) is 0. The molecule has 1 N–H and O–H groups in total. The minimum atomic E-state index is -0.704. The summed E-state index contributed by atoms with van der Waals surface area (Å²) in [5.41, 5.74) is 0.211. The quantitative estimate of drug-likeness (QED) is 0.578. The summed E-state index contributed by atoms with van der Waals surface area (Å²) in [5, 5.41) is 12.2. The van der Waals surface area contributed by atoms with Gasteiger partial charge in [-0.3, -0.25) is 0 Å². The predicted octanol–water partition coefficient (Wildman–Crippen LogP) is 2.67. The van der Waals surface area contributed by atoms with Gasteiger partial charge in [0, 0.05) is 5.39 Å². The normalized spacial score (nSPS) is 10.7. The molecule has 0 saturated heterocycles. The summed E-state index contributed by atoms with van der Waals surface area (Å²) in [6, 6.07) is 10.1. The Balaban J connectivity index is 2.51. The van der Waals surface area contributed by atoms with Crippen LogP contribution in [0.2, 0.25) is 0 Å². The predicted molar refractivity (Wildman–Crippen MR) is 83.6 cm³/mol. The van der Waals surface area contributed by atoms with E-state index >= 15 is 0 Å². The second-order valence-corrected chi connectivity index (χ2v) is 4.88. The second-order valence-electron chi connectivity index (χ2n) is 4.88. The van der Waals surface area contributed by atoms with Crippen molar-refractivity contribution in [1.29, 1.82) is 0 Å². The molecule has 0 spiro atoms. The van der Waals surface area contributed by atoms with Crippen molar-refractivity contribution < 1.29 is 24.2 Å². The maximum absolute atomic E-state index is 12.2. The molecule has 3 aromatic rings. The van der Waals surface area contributed by atoms with E-state index in [2.05, 4.69) is 9.72 Å². The van der Waals surface area contributed by atoms with Gasteiger partial charge in [-0.2, -0.15) is 0 Å². The van der Waals surface area contributed by atoms with E-state index in [4.69, 9.17) is 4.74 Å². The van der Waals surface area contributed by atoms with Gasteiger partial charge in [0.25, 0.3) is 0 Å². The van der Waals surface area contributed by atoms with Gasteiger partial charge in [-0.15, -0.1) is 0 Å². The van der Waals surface area contributed by atoms with E-state index in [0.717, 1.165) is 10.8 Å². The number of hydrogen-bond acceptors (Lipinski definition) is 6. The van der Waals surface area contributed by atoms with Gasteiger partial charge in [0.1, 0.15) is 17.0 Å². The first-order chi connectivity index (χ1) is 11.1. The molecule has 0 unspecified atom stereocenters. The van der Waals surface area contributed by atoms with E-state index in [0.29, 0.717) is 5.39 Å². The zero-order valence-corrected chi connectivity index (χ0v) is 12.5. The van der Waals surface area contributed by atoms with E-state index in [1.807, 2.05) is 24.3 Å². The molecule has 0 atom stereocenters. The fourth-order valence-electron chi connectivity index (χ4n) is 2.55. The molecular weight excluding hydrogens is 298 g/mol. The number of ether oxygens (including phenoxy) is 2. The number of pyridine rings is 1. The van der Waals surface area contributed by atoms with Crippen molar-refractivity contribution in [2.75, 3.05) is 14.2 Å². The molecule has 3 rings (SSSR count). The van der Waals surface area contributed by atoms with E-state index in [9.17, 15) is 14.7 Å². The lowest BCUT2D eigenvalue weighted by Crippen LogP contribution is -2.10. The summed E-state index contributed by atoms with van der Waals surface area (Å²) in [4.78, 5) is 28.1. The fourth-order valence-corrected chi connectivity index (χ4v) is 2.55. The van der Waals surface area contributed by atoms with Gasteiger partial charge < -0.3 is 14.6 Å². The number of phenolic OH excluding ortho intramolecular Hbond substituents is 1. The number of carbonyl (C=O) groups is 2. The van der Waals surface area contributed by atoms with Crippen LogP contribution in [0.15, 0.2) is 36.4 Å². The van der Waals surface area contributed by atoms with Crippen LogP contribution in [0.3, 0.4) is 0 Å². The fraction of sp³-hybridized carbons (Fsp3) is 0.118. The smallest absolute Gasteiger partial charge is 0.356 e. The second kappa shape index (κ2) is 5.57. The molecule has 0 bridgehead atoms. The summed E-state index contributed by atoms with van der Waals surface area (Å²) in [5.74, 6) is -1.46. The number of carbonyl (C=O) groups excluding carboxylic acids is 2. The van der Waals surface area contributed by atoms with Gasteiger partial charge in [-0.05, 0) is 22.9 Å². The van der Waals surface area contributed by atoms with E-state index in [1.165, 1.54) is 26.4 Å². The number of nitrogens with zero attached hydrogens (tertiary/aromatic N) is 1. The molecule has 0 fully saturated rings. The van der Waals surface area contributed by atoms with Crippen LogP contribution in [0.4, 0.5) is 0 Å². The SMILES string of the molecule is COC(=O)c1cc(C(=O)OC)c2c(n1)c(O)cc1ccccc12. The number of hydrogen-bond donors (Lipinski definition) is 1.